The van der Waals surface area contributed by atoms with Crippen molar-refractivity contribution in [3.05, 3.63) is 34.7 Å². The van der Waals surface area contributed by atoms with Gasteiger partial charge in [0.2, 0.25) is 0 Å². The van der Waals surface area contributed by atoms with Gasteiger partial charge in [0, 0.05) is 17.9 Å². The average Bonchev–Trinajstić information content (AvgIpc) is 2.06. The molecule has 2 heteroatoms. The van der Waals surface area contributed by atoms with E-state index >= 15 is 0 Å². The Morgan fingerprint density at radius 3 is 2.62 bits per heavy atom. The van der Waals surface area contributed by atoms with Crippen LogP contribution in [0.15, 0.2) is 34.7 Å². The second kappa shape index (κ2) is 4.17. The first-order valence-electron chi connectivity index (χ1n) is 4.65. The van der Waals surface area contributed by atoms with Crippen LogP contribution in [0.4, 0.5) is 0 Å². The van der Waals surface area contributed by atoms with Gasteiger partial charge in [-0.3, -0.25) is 0 Å². The summed E-state index contributed by atoms with van der Waals surface area (Å²) in [7, 11) is 0. The maximum atomic E-state index is 5.89. The molecule has 1 aliphatic heterocycles. The van der Waals surface area contributed by atoms with Crippen molar-refractivity contribution < 1.29 is 0 Å². The first-order chi connectivity index (χ1) is 6.09. The molecule has 0 aliphatic carbocycles. The lowest BCUT2D eigenvalue weighted by atomic mass is 10.1. The van der Waals surface area contributed by atoms with Crippen LogP contribution in [0.3, 0.4) is 0 Å². The standard InChI is InChI=1S/C11H18N2/c1-8-4-5-13-10(3)7-11(12)9(2)6-8/h6-7,13H,4-5,12H2,1-3H3/b8-6-,10-7-,11-9-. The number of nitrogens with one attached hydrogen (secondary N) is 1. The molecule has 1 heterocycles. The van der Waals surface area contributed by atoms with Crippen LogP contribution in [0.25, 0.3) is 0 Å². The normalized spacial score (nSPS) is 32.8. The Bertz CT molecular complexity index is 254. The molecule has 3 N–H and O–H groups in total. The van der Waals surface area contributed by atoms with E-state index in [9.17, 15) is 0 Å². The van der Waals surface area contributed by atoms with Crippen molar-refractivity contribution in [1.82, 2.24) is 5.32 Å². The van der Waals surface area contributed by atoms with Crippen LogP contribution < -0.4 is 11.1 Å². The van der Waals surface area contributed by atoms with Crippen LogP contribution in [0, 0.1) is 0 Å². The molecular weight excluding hydrogens is 160 g/mol. The first-order valence-corrected chi connectivity index (χ1v) is 4.65. The maximum Gasteiger partial charge on any atom is 0.0360 e. The van der Waals surface area contributed by atoms with E-state index in [-0.39, 0.29) is 0 Å². The second-order valence-electron chi connectivity index (χ2n) is 3.63. The van der Waals surface area contributed by atoms with Crippen LogP contribution in [-0.2, 0) is 0 Å². The molecule has 0 aromatic rings. The number of hydrogen-bond acceptors (Lipinski definition) is 2. The Labute approximate surface area is 80.2 Å². The smallest absolute Gasteiger partial charge is 0.0360 e. The zero-order valence-corrected chi connectivity index (χ0v) is 8.65. The Hall–Kier alpha value is -1.18. The van der Waals surface area contributed by atoms with Gasteiger partial charge in [0.05, 0.1) is 0 Å². The fourth-order valence-corrected chi connectivity index (χ4v) is 1.38. The highest BCUT2D eigenvalue weighted by molar-refractivity contribution is 5.33. The van der Waals surface area contributed by atoms with Crippen molar-refractivity contribution in [2.75, 3.05) is 6.54 Å². The van der Waals surface area contributed by atoms with Crippen molar-refractivity contribution in [3.63, 3.8) is 0 Å². The minimum absolute atomic E-state index is 0.853. The molecule has 0 saturated carbocycles. The van der Waals surface area contributed by atoms with Crippen LogP contribution in [0.1, 0.15) is 27.2 Å². The molecule has 13 heavy (non-hydrogen) atoms. The van der Waals surface area contributed by atoms with Gasteiger partial charge in [-0.2, -0.15) is 0 Å². The third kappa shape index (κ3) is 2.98. The minimum Gasteiger partial charge on any atom is -0.398 e. The maximum absolute atomic E-state index is 5.89. The van der Waals surface area contributed by atoms with E-state index in [1.54, 1.807) is 0 Å². The molecule has 1 aliphatic rings. The Morgan fingerprint density at radius 2 is 1.92 bits per heavy atom. The summed E-state index contributed by atoms with van der Waals surface area (Å²) in [5.41, 5.74) is 10.4. The van der Waals surface area contributed by atoms with Gasteiger partial charge in [-0.05, 0) is 38.8 Å². The Kier molecular flexibility index (Phi) is 3.18. The zero-order chi connectivity index (χ0) is 9.84. The lowest BCUT2D eigenvalue weighted by Crippen LogP contribution is -2.13. The summed E-state index contributed by atoms with van der Waals surface area (Å²) in [4.78, 5) is 0. The summed E-state index contributed by atoms with van der Waals surface area (Å²) >= 11 is 0. The highest BCUT2D eigenvalue weighted by Crippen LogP contribution is 2.11. The van der Waals surface area contributed by atoms with Gasteiger partial charge in [-0.1, -0.05) is 11.6 Å². The summed E-state index contributed by atoms with van der Waals surface area (Å²) in [5.74, 6) is 0. The lowest BCUT2D eigenvalue weighted by Gasteiger charge is -2.04. The second-order valence-corrected chi connectivity index (χ2v) is 3.63. The van der Waals surface area contributed by atoms with Crippen molar-refractivity contribution in [3.8, 4) is 0 Å². The zero-order valence-electron chi connectivity index (χ0n) is 8.65. The molecule has 0 unspecified atom stereocenters. The molecule has 2 nitrogen and oxygen atoms in total. The van der Waals surface area contributed by atoms with Crippen LogP contribution >= 0.6 is 0 Å². The van der Waals surface area contributed by atoms with E-state index in [0.29, 0.717) is 0 Å². The molecule has 0 bridgehead atoms. The minimum atomic E-state index is 0.853. The molecule has 0 radical (unpaired) electrons. The third-order valence-corrected chi connectivity index (χ3v) is 2.21. The van der Waals surface area contributed by atoms with E-state index in [4.69, 9.17) is 5.73 Å². The summed E-state index contributed by atoms with van der Waals surface area (Å²) in [6.07, 6.45) is 5.23. The topological polar surface area (TPSA) is 38.0 Å². The van der Waals surface area contributed by atoms with E-state index in [2.05, 4.69) is 18.3 Å². The molecule has 72 valence electrons. The van der Waals surface area contributed by atoms with Gasteiger partial charge in [-0.25, -0.2) is 0 Å². The molecule has 0 aromatic heterocycles. The predicted molar refractivity (Wildman–Crippen MR) is 57.0 cm³/mol. The molecule has 1 rings (SSSR count). The van der Waals surface area contributed by atoms with Crippen molar-refractivity contribution >= 4 is 0 Å². The van der Waals surface area contributed by atoms with Crippen LogP contribution in [0.2, 0.25) is 0 Å². The van der Waals surface area contributed by atoms with E-state index in [1.165, 1.54) is 5.57 Å². The summed E-state index contributed by atoms with van der Waals surface area (Å²) in [5, 5.41) is 3.31. The predicted octanol–water partition coefficient (Wildman–Crippen LogP) is 2.06. The molecule has 0 aromatic carbocycles. The van der Waals surface area contributed by atoms with Gasteiger partial charge >= 0.3 is 0 Å². The molecule has 0 spiro atoms. The first kappa shape index (κ1) is 9.90. The SMILES string of the molecule is C/C1=C/C(C)=C(N)/C=C(/C)NCC1. The van der Waals surface area contributed by atoms with Gasteiger partial charge in [0.15, 0.2) is 0 Å². The highest BCUT2D eigenvalue weighted by atomic mass is 14.9. The van der Waals surface area contributed by atoms with Crippen molar-refractivity contribution in [1.29, 1.82) is 0 Å². The van der Waals surface area contributed by atoms with Gasteiger partial charge in [0.25, 0.3) is 0 Å². The van der Waals surface area contributed by atoms with Crippen molar-refractivity contribution in [2.24, 2.45) is 5.73 Å². The summed E-state index contributed by atoms with van der Waals surface area (Å²) < 4.78 is 0. The summed E-state index contributed by atoms with van der Waals surface area (Å²) in [6.45, 7) is 7.22. The molecule has 0 amide bonds. The molecule has 0 atom stereocenters. The Balaban J connectivity index is 3.00. The molecular formula is C11H18N2. The lowest BCUT2D eigenvalue weighted by molar-refractivity contribution is 0.783. The number of allylic oxidation sites excluding steroid dienone is 4. The quantitative estimate of drug-likeness (QED) is 0.596. The van der Waals surface area contributed by atoms with E-state index in [1.807, 2.05) is 19.9 Å². The fourth-order valence-electron chi connectivity index (χ4n) is 1.38. The monoisotopic (exact) mass is 178 g/mol. The summed E-state index contributed by atoms with van der Waals surface area (Å²) in [6, 6.07) is 0. The largest absolute Gasteiger partial charge is 0.398 e. The number of rotatable bonds is 0. The number of nitrogens with two attached hydrogens (primary N) is 1. The fraction of sp³-hybridized carbons (Fsp3) is 0.455. The number of hydrogen-bond donors (Lipinski definition) is 2. The van der Waals surface area contributed by atoms with Gasteiger partial charge in [0.1, 0.15) is 0 Å². The van der Waals surface area contributed by atoms with E-state index in [0.717, 1.165) is 29.9 Å². The van der Waals surface area contributed by atoms with Crippen LogP contribution in [-0.4, -0.2) is 6.54 Å². The average molecular weight is 178 g/mol. The third-order valence-electron chi connectivity index (χ3n) is 2.21. The van der Waals surface area contributed by atoms with Crippen LogP contribution in [0.5, 0.6) is 0 Å². The highest BCUT2D eigenvalue weighted by Gasteiger charge is 1.99. The van der Waals surface area contributed by atoms with Gasteiger partial charge in [-0.15, -0.1) is 0 Å². The van der Waals surface area contributed by atoms with Gasteiger partial charge < -0.3 is 11.1 Å². The molecule has 0 fully saturated rings. The van der Waals surface area contributed by atoms with Crippen molar-refractivity contribution in [2.45, 2.75) is 27.2 Å². The van der Waals surface area contributed by atoms with E-state index < -0.39 is 0 Å². The molecule has 0 saturated heterocycles. The Morgan fingerprint density at radius 1 is 1.23 bits per heavy atom.